The monoisotopic (exact) mass is 507 g/mol. The normalized spacial score (nSPS) is 12.8. The summed E-state index contributed by atoms with van der Waals surface area (Å²) in [6.07, 6.45) is -4.42. The van der Waals surface area contributed by atoms with Gasteiger partial charge < -0.3 is 19.5 Å². The third kappa shape index (κ3) is 6.71. The summed E-state index contributed by atoms with van der Waals surface area (Å²) in [5.74, 6) is 0.984. The van der Waals surface area contributed by atoms with Gasteiger partial charge in [0.2, 0.25) is 6.79 Å². The molecule has 0 radical (unpaired) electrons. The molecule has 0 bridgehead atoms. The molecule has 0 saturated carbocycles. The molecular weight excluding hydrogens is 483 g/mol. The van der Waals surface area contributed by atoms with E-state index in [1.165, 1.54) is 17.4 Å². The molecule has 1 aromatic heterocycles. The predicted octanol–water partition coefficient (Wildman–Crippen LogP) is 4.47. The zero-order chi connectivity index (χ0) is 24.8. The van der Waals surface area contributed by atoms with E-state index in [9.17, 15) is 18.0 Å². The zero-order valence-electron chi connectivity index (χ0n) is 18.9. The van der Waals surface area contributed by atoms with Crippen molar-refractivity contribution in [1.82, 2.24) is 15.2 Å². The Labute approximate surface area is 204 Å². The lowest BCUT2D eigenvalue weighted by atomic mass is 10.1. The van der Waals surface area contributed by atoms with Gasteiger partial charge in [0.1, 0.15) is 10.7 Å². The van der Waals surface area contributed by atoms with Crippen LogP contribution in [0.15, 0.2) is 47.8 Å². The van der Waals surface area contributed by atoms with Crippen molar-refractivity contribution in [2.45, 2.75) is 25.8 Å². The summed E-state index contributed by atoms with van der Waals surface area (Å²) in [4.78, 5) is 18.7. The number of thiazole rings is 1. The van der Waals surface area contributed by atoms with Crippen molar-refractivity contribution < 1.29 is 32.2 Å². The van der Waals surface area contributed by atoms with Gasteiger partial charge in [0.15, 0.2) is 11.5 Å². The van der Waals surface area contributed by atoms with Crippen molar-refractivity contribution in [1.29, 1.82) is 0 Å². The van der Waals surface area contributed by atoms with Gasteiger partial charge in [-0.05, 0) is 29.3 Å². The van der Waals surface area contributed by atoms with Gasteiger partial charge in [0, 0.05) is 32.1 Å². The molecule has 1 aliphatic rings. The van der Waals surface area contributed by atoms with Crippen molar-refractivity contribution in [3.05, 3.63) is 75.2 Å². The Balaban J connectivity index is 1.52. The molecule has 1 aliphatic heterocycles. The van der Waals surface area contributed by atoms with Crippen LogP contribution in [-0.2, 0) is 30.5 Å². The Hall–Kier alpha value is -3.15. The Kier molecular flexibility index (Phi) is 7.89. The number of amides is 1. The smallest absolute Gasteiger partial charge is 0.416 e. The summed E-state index contributed by atoms with van der Waals surface area (Å²) in [7, 11) is 1.55. The first-order chi connectivity index (χ1) is 16.8. The molecular formula is C24H24F3N3O4S. The average Bonchev–Trinajstić information content (AvgIpc) is 3.48. The molecule has 0 fully saturated rings. The van der Waals surface area contributed by atoms with Crippen molar-refractivity contribution in [2.24, 2.45) is 0 Å². The fraction of sp³-hybridized carbons (Fsp3) is 0.333. The maximum absolute atomic E-state index is 13.2. The number of hydrogen-bond donors (Lipinski definition) is 1. The van der Waals surface area contributed by atoms with Crippen molar-refractivity contribution in [3.8, 4) is 11.5 Å². The molecule has 4 rings (SSSR count). The van der Waals surface area contributed by atoms with E-state index in [1.54, 1.807) is 18.6 Å². The minimum absolute atomic E-state index is 0.154. The molecule has 0 atom stereocenters. The first-order valence-corrected chi connectivity index (χ1v) is 11.7. The molecule has 2 aromatic carbocycles. The van der Waals surface area contributed by atoms with E-state index in [-0.39, 0.29) is 19.2 Å². The van der Waals surface area contributed by atoms with E-state index in [0.717, 1.165) is 17.7 Å². The van der Waals surface area contributed by atoms with Gasteiger partial charge in [-0.1, -0.05) is 24.3 Å². The van der Waals surface area contributed by atoms with Crippen LogP contribution in [0.25, 0.3) is 0 Å². The number of nitrogens with one attached hydrogen (secondary N) is 1. The number of carbonyl (C=O) groups excluding carboxylic acids is 1. The molecule has 3 aromatic rings. The van der Waals surface area contributed by atoms with Gasteiger partial charge in [0.25, 0.3) is 5.91 Å². The third-order valence-corrected chi connectivity index (χ3v) is 6.07. The maximum atomic E-state index is 13.2. The highest BCUT2D eigenvalue weighted by Gasteiger charge is 2.30. The van der Waals surface area contributed by atoms with Crippen LogP contribution in [0.1, 0.15) is 32.2 Å². The summed E-state index contributed by atoms with van der Waals surface area (Å²) < 4.78 is 55.4. The number of halogens is 3. The van der Waals surface area contributed by atoms with Crippen LogP contribution in [0.3, 0.4) is 0 Å². The quantitative estimate of drug-likeness (QED) is 0.409. The lowest BCUT2D eigenvalue weighted by Gasteiger charge is -2.22. The standard InChI is InChI=1S/C24H24F3N3O4S/c1-32-8-7-28-23(31)19-14-35-22(29-19)13-30(11-16-3-2-4-18(9-16)24(25,26)27)12-17-5-6-20-21(10-17)34-15-33-20/h2-6,9-10,14H,7-8,11-13,15H2,1H3,(H,28,31). The van der Waals surface area contributed by atoms with E-state index in [2.05, 4.69) is 10.3 Å². The van der Waals surface area contributed by atoms with Crippen molar-refractivity contribution >= 4 is 17.2 Å². The fourth-order valence-electron chi connectivity index (χ4n) is 3.61. The van der Waals surface area contributed by atoms with Crippen LogP contribution in [0.2, 0.25) is 0 Å². The predicted molar refractivity (Wildman–Crippen MR) is 123 cm³/mol. The van der Waals surface area contributed by atoms with Gasteiger partial charge in [-0.15, -0.1) is 11.3 Å². The molecule has 186 valence electrons. The van der Waals surface area contributed by atoms with E-state index in [4.69, 9.17) is 14.2 Å². The lowest BCUT2D eigenvalue weighted by Crippen LogP contribution is -2.27. The van der Waals surface area contributed by atoms with E-state index >= 15 is 0 Å². The third-order valence-electron chi connectivity index (χ3n) is 5.24. The molecule has 35 heavy (non-hydrogen) atoms. The Morgan fingerprint density at radius 2 is 1.89 bits per heavy atom. The topological polar surface area (TPSA) is 72.9 Å². The van der Waals surface area contributed by atoms with Crippen LogP contribution < -0.4 is 14.8 Å². The summed E-state index contributed by atoms with van der Waals surface area (Å²) in [6, 6.07) is 10.8. The number of ether oxygens (including phenoxy) is 3. The number of carbonyl (C=O) groups is 1. The molecule has 0 saturated heterocycles. The molecule has 11 heteroatoms. The summed E-state index contributed by atoms with van der Waals surface area (Å²) in [6.45, 7) is 1.95. The Morgan fingerprint density at radius 1 is 1.11 bits per heavy atom. The molecule has 7 nitrogen and oxygen atoms in total. The molecule has 2 heterocycles. The van der Waals surface area contributed by atoms with Gasteiger partial charge in [0.05, 0.1) is 18.7 Å². The lowest BCUT2D eigenvalue weighted by molar-refractivity contribution is -0.137. The Morgan fingerprint density at radius 3 is 2.66 bits per heavy atom. The van der Waals surface area contributed by atoms with Gasteiger partial charge in [-0.3, -0.25) is 9.69 Å². The average molecular weight is 508 g/mol. The summed E-state index contributed by atoms with van der Waals surface area (Å²) in [5.41, 5.74) is 1.04. The van der Waals surface area contributed by atoms with Crippen LogP contribution in [0, 0.1) is 0 Å². The molecule has 0 aliphatic carbocycles. The minimum atomic E-state index is -4.42. The highest BCUT2D eigenvalue weighted by atomic mass is 32.1. The van der Waals surface area contributed by atoms with Crippen molar-refractivity contribution in [3.63, 3.8) is 0 Å². The van der Waals surface area contributed by atoms with E-state index in [1.807, 2.05) is 23.1 Å². The highest BCUT2D eigenvalue weighted by molar-refractivity contribution is 7.09. The van der Waals surface area contributed by atoms with Crippen LogP contribution in [-0.4, -0.2) is 42.8 Å². The maximum Gasteiger partial charge on any atom is 0.416 e. The van der Waals surface area contributed by atoms with E-state index < -0.39 is 11.7 Å². The zero-order valence-corrected chi connectivity index (χ0v) is 19.7. The molecule has 1 N–H and O–H groups in total. The Bertz CT molecular complexity index is 1170. The second-order valence-electron chi connectivity index (χ2n) is 7.91. The second kappa shape index (κ2) is 11.1. The first kappa shape index (κ1) is 25.0. The van der Waals surface area contributed by atoms with Crippen LogP contribution in [0.4, 0.5) is 13.2 Å². The molecule has 0 unspecified atom stereocenters. The molecule has 0 spiro atoms. The minimum Gasteiger partial charge on any atom is -0.454 e. The van der Waals surface area contributed by atoms with Crippen LogP contribution in [0.5, 0.6) is 11.5 Å². The largest absolute Gasteiger partial charge is 0.454 e. The number of fused-ring (bicyclic) bond motifs is 1. The number of benzene rings is 2. The molecule has 1 amide bonds. The second-order valence-corrected chi connectivity index (χ2v) is 8.85. The van der Waals surface area contributed by atoms with Crippen molar-refractivity contribution in [2.75, 3.05) is 27.1 Å². The number of aromatic nitrogens is 1. The SMILES string of the molecule is COCCNC(=O)c1csc(CN(Cc2cccc(C(F)(F)F)c2)Cc2ccc3c(c2)OCO3)n1. The van der Waals surface area contributed by atoms with Gasteiger partial charge in [-0.2, -0.15) is 13.2 Å². The van der Waals surface area contributed by atoms with E-state index in [0.29, 0.717) is 54.0 Å². The first-order valence-electron chi connectivity index (χ1n) is 10.8. The van der Waals surface area contributed by atoms with Gasteiger partial charge >= 0.3 is 6.18 Å². The number of hydrogen-bond acceptors (Lipinski definition) is 7. The highest BCUT2D eigenvalue weighted by Crippen LogP contribution is 2.33. The summed E-state index contributed by atoms with van der Waals surface area (Å²) >= 11 is 1.32. The fourth-order valence-corrected chi connectivity index (χ4v) is 4.42. The van der Waals surface area contributed by atoms with Gasteiger partial charge in [-0.25, -0.2) is 4.98 Å². The number of alkyl halides is 3. The number of nitrogens with zero attached hydrogens (tertiary/aromatic N) is 2. The number of methoxy groups -OCH3 is 1. The van der Waals surface area contributed by atoms with Crippen LogP contribution >= 0.6 is 11.3 Å². The summed E-state index contributed by atoms with van der Waals surface area (Å²) in [5, 5.41) is 5.07. The number of rotatable bonds is 10.